The molecule has 1 aliphatic heterocycles. The Morgan fingerprint density at radius 1 is 1.58 bits per heavy atom. The molecule has 0 aliphatic carbocycles. The summed E-state index contributed by atoms with van der Waals surface area (Å²) in [7, 11) is 0. The lowest BCUT2D eigenvalue weighted by atomic mass is 9.92. The zero-order valence-electron chi connectivity index (χ0n) is 11.5. The highest BCUT2D eigenvalue weighted by atomic mass is 16.3. The maximum atomic E-state index is 12.3. The average molecular weight is 266 g/mol. The van der Waals surface area contributed by atoms with Crippen LogP contribution in [0.2, 0.25) is 0 Å². The van der Waals surface area contributed by atoms with Crippen LogP contribution >= 0.6 is 0 Å². The second-order valence-corrected chi connectivity index (χ2v) is 5.16. The summed E-state index contributed by atoms with van der Waals surface area (Å²) in [5.74, 6) is 0.184. The Labute approximate surface area is 113 Å². The van der Waals surface area contributed by atoms with Gasteiger partial charge in [0.2, 0.25) is 0 Å². The Balaban J connectivity index is 2.03. The number of nitrogens with zero attached hydrogens (tertiary/aromatic N) is 3. The fourth-order valence-electron chi connectivity index (χ4n) is 2.50. The molecule has 1 aromatic rings. The molecule has 1 amide bonds. The smallest absolute Gasteiger partial charge is 0.276 e. The van der Waals surface area contributed by atoms with Crippen molar-refractivity contribution in [1.82, 2.24) is 14.7 Å². The van der Waals surface area contributed by atoms with Crippen LogP contribution in [0, 0.1) is 5.92 Å². The highest BCUT2D eigenvalue weighted by Gasteiger charge is 2.28. The standard InChI is InChI=1S/C13H22N4O2/c1-3-17-8-11(14)12(15-17)13(19)16-6-4-10(5-7-16)9(2)18/h8-10,18H,3-7,14H2,1-2H3. The summed E-state index contributed by atoms with van der Waals surface area (Å²) >= 11 is 0. The number of aryl methyl sites for hydroxylation is 1. The molecule has 2 heterocycles. The van der Waals surface area contributed by atoms with E-state index in [-0.39, 0.29) is 17.9 Å². The Hall–Kier alpha value is -1.56. The van der Waals surface area contributed by atoms with E-state index in [1.165, 1.54) is 0 Å². The lowest BCUT2D eigenvalue weighted by Crippen LogP contribution is -2.41. The Morgan fingerprint density at radius 2 is 2.21 bits per heavy atom. The van der Waals surface area contributed by atoms with E-state index in [2.05, 4.69) is 5.10 Å². The van der Waals surface area contributed by atoms with Gasteiger partial charge in [0.05, 0.1) is 11.8 Å². The molecule has 1 fully saturated rings. The number of nitrogen functional groups attached to an aromatic ring is 1. The van der Waals surface area contributed by atoms with Crippen molar-refractivity contribution in [3.63, 3.8) is 0 Å². The number of carbonyl (C=O) groups is 1. The van der Waals surface area contributed by atoms with Gasteiger partial charge in [-0.2, -0.15) is 5.10 Å². The minimum absolute atomic E-state index is 0.103. The first-order chi connectivity index (χ1) is 9.02. The molecule has 1 atom stereocenters. The van der Waals surface area contributed by atoms with Crippen LogP contribution in [0.5, 0.6) is 0 Å². The van der Waals surface area contributed by atoms with Gasteiger partial charge in [0, 0.05) is 25.8 Å². The molecular formula is C13H22N4O2. The van der Waals surface area contributed by atoms with Crippen molar-refractivity contribution in [2.24, 2.45) is 5.92 Å². The molecule has 6 nitrogen and oxygen atoms in total. The quantitative estimate of drug-likeness (QED) is 0.844. The largest absolute Gasteiger partial charge is 0.396 e. The first-order valence-corrected chi connectivity index (χ1v) is 6.83. The van der Waals surface area contributed by atoms with E-state index in [1.807, 2.05) is 13.8 Å². The highest BCUT2D eigenvalue weighted by molar-refractivity contribution is 5.97. The van der Waals surface area contributed by atoms with Crippen LogP contribution in [0.15, 0.2) is 6.20 Å². The summed E-state index contributed by atoms with van der Waals surface area (Å²) in [6.07, 6.45) is 3.05. The first-order valence-electron chi connectivity index (χ1n) is 6.83. The number of hydrogen-bond acceptors (Lipinski definition) is 4. The van der Waals surface area contributed by atoms with Gasteiger partial charge < -0.3 is 15.7 Å². The van der Waals surface area contributed by atoms with Gasteiger partial charge in [-0.25, -0.2) is 0 Å². The Kier molecular flexibility index (Phi) is 4.09. The van der Waals surface area contributed by atoms with Crippen LogP contribution in [0.3, 0.4) is 0 Å². The van der Waals surface area contributed by atoms with Gasteiger partial charge in [0.1, 0.15) is 0 Å². The van der Waals surface area contributed by atoms with Crippen LogP contribution in [0.1, 0.15) is 37.2 Å². The van der Waals surface area contributed by atoms with E-state index in [9.17, 15) is 9.90 Å². The predicted octanol–water partition coefficient (Wildman–Crippen LogP) is 0.718. The molecule has 106 valence electrons. The fraction of sp³-hybridized carbons (Fsp3) is 0.692. The van der Waals surface area contributed by atoms with E-state index in [4.69, 9.17) is 5.73 Å². The SMILES string of the molecule is CCn1cc(N)c(C(=O)N2CCC(C(C)O)CC2)n1. The van der Waals surface area contributed by atoms with E-state index in [0.29, 0.717) is 31.0 Å². The van der Waals surface area contributed by atoms with E-state index < -0.39 is 0 Å². The topological polar surface area (TPSA) is 84.4 Å². The lowest BCUT2D eigenvalue weighted by molar-refractivity contribution is 0.0517. The second kappa shape index (κ2) is 5.61. The van der Waals surface area contributed by atoms with E-state index >= 15 is 0 Å². The van der Waals surface area contributed by atoms with Crippen LogP contribution < -0.4 is 5.73 Å². The third-order valence-corrected chi connectivity index (χ3v) is 3.83. The van der Waals surface area contributed by atoms with Crippen molar-refractivity contribution in [2.45, 2.75) is 39.3 Å². The number of rotatable bonds is 3. The molecule has 1 aromatic heterocycles. The van der Waals surface area contributed by atoms with Gasteiger partial charge in [-0.3, -0.25) is 9.48 Å². The van der Waals surface area contributed by atoms with Gasteiger partial charge in [-0.1, -0.05) is 0 Å². The number of aliphatic hydroxyl groups excluding tert-OH is 1. The lowest BCUT2D eigenvalue weighted by Gasteiger charge is -2.32. The van der Waals surface area contributed by atoms with E-state index in [1.54, 1.807) is 15.8 Å². The van der Waals surface area contributed by atoms with Gasteiger partial charge in [-0.05, 0) is 32.6 Å². The number of hydrogen-bond donors (Lipinski definition) is 2. The third-order valence-electron chi connectivity index (χ3n) is 3.83. The maximum Gasteiger partial charge on any atom is 0.276 e. The predicted molar refractivity (Wildman–Crippen MR) is 72.6 cm³/mol. The zero-order chi connectivity index (χ0) is 14.0. The molecule has 3 N–H and O–H groups in total. The summed E-state index contributed by atoms with van der Waals surface area (Å²) in [6, 6.07) is 0. The number of aromatic nitrogens is 2. The number of aliphatic hydroxyl groups is 1. The van der Waals surface area contributed by atoms with Crippen LogP contribution in [0.4, 0.5) is 5.69 Å². The summed E-state index contributed by atoms with van der Waals surface area (Å²) in [6.45, 7) is 5.78. The Bertz CT molecular complexity index is 447. The van der Waals surface area contributed by atoms with Crippen LogP contribution in [0.25, 0.3) is 0 Å². The summed E-state index contributed by atoms with van der Waals surface area (Å²) in [5.41, 5.74) is 6.61. The fourth-order valence-corrected chi connectivity index (χ4v) is 2.50. The first kappa shape index (κ1) is 13.9. The molecule has 19 heavy (non-hydrogen) atoms. The van der Waals surface area contributed by atoms with Gasteiger partial charge in [0.25, 0.3) is 5.91 Å². The van der Waals surface area contributed by atoms with Crippen molar-refractivity contribution in [1.29, 1.82) is 0 Å². The van der Waals surface area contributed by atoms with Gasteiger partial charge in [0.15, 0.2) is 5.69 Å². The normalized spacial score (nSPS) is 18.6. The average Bonchev–Trinajstić information content (AvgIpc) is 2.79. The van der Waals surface area contributed by atoms with Crippen molar-refractivity contribution in [3.8, 4) is 0 Å². The van der Waals surface area contributed by atoms with Crippen LogP contribution in [-0.4, -0.2) is 44.9 Å². The molecule has 0 saturated carbocycles. The van der Waals surface area contributed by atoms with E-state index in [0.717, 1.165) is 12.8 Å². The van der Waals surface area contributed by atoms with Crippen LogP contribution in [-0.2, 0) is 6.54 Å². The molecule has 0 aromatic carbocycles. The summed E-state index contributed by atoms with van der Waals surface area (Å²) in [5, 5.41) is 13.8. The number of nitrogens with two attached hydrogens (primary N) is 1. The van der Waals surface area contributed by atoms with Crippen molar-refractivity contribution >= 4 is 11.6 Å². The minimum Gasteiger partial charge on any atom is -0.396 e. The molecule has 6 heteroatoms. The third kappa shape index (κ3) is 2.89. The van der Waals surface area contributed by atoms with Crippen molar-refractivity contribution in [2.75, 3.05) is 18.8 Å². The molecule has 2 rings (SSSR count). The highest BCUT2D eigenvalue weighted by Crippen LogP contribution is 2.22. The zero-order valence-corrected chi connectivity index (χ0v) is 11.5. The maximum absolute atomic E-state index is 12.3. The summed E-state index contributed by atoms with van der Waals surface area (Å²) in [4.78, 5) is 14.1. The molecule has 0 bridgehead atoms. The molecule has 0 radical (unpaired) electrons. The number of anilines is 1. The number of piperidine rings is 1. The minimum atomic E-state index is -0.304. The van der Waals surface area contributed by atoms with Crippen molar-refractivity contribution in [3.05, 3.63) is 11.9 Å². The number of likely N-dealkylation sites (tertiary alicyclic amines) is 1. The number of amides is 1. The molecule has 1 aliphatic rings. The molecular weight excluding hydrogens is 244 g/mol. The van der Waals surface area contributed by atoms with Gasteiger partial charge >= 0.3 is 0 Å². The Morgan fingerprint density at radius 3 is 2.68 bits per heavy atom. The molecule has 0 spiro atoms. The molecule has 1 saturated heterocycles. The van der Waals surface area contributed by atoms with Crippen molar-refractivity contribution < 1.29 is 9.90 Å². The van der Waals surface area contributed by atoms with Gasteiger partial charge in [-0.15, -0.1) is 0 Å². The summed E-state index contributed by atoms with van der Waals surface area (Å²) < 4.78 is 1.67. The number of carbonyl (C=O) groups excluding carboxylic acids is 1. The molecule has 1 unspecified atom stereocenters. The second-order valence-electron chi connectivity index (χ2n) is 5.16. The monoisotopic (exact) mass is 266 g/mol.